The van der Waals surface area contributed by atoms with E-state index in [1.165, 1.54) is 0 Å². The molecular formula is C20H21NO5S. The van der Waals surface area contributed by atoms with Gasteiger partial charge in [-0.05, 0) is 54.5 Å². The van der Waals surface area contributed by atoms with Gasteiger partial charge in [-0.15, -0.1) is 0 Å². The highest BCUT2D eigenvalue weighted by Gasteiger charge is 2.31. The molecule has 0 spiro atoms. The predicted octanol–water partition coefficient (Wildman–Crippen LogP) is 1.21. The molecule has 3 aliphatic carbocycles. The normalized spacial score (nSPS) is 25.0. The number of benzene rings is 1. The Kier molecular flexibility index (Phi) is 4.46. The van der Waals surface area contributed by atoms with E-state index in [0.29, 0.717) is 24.8 Å². The minimum Gasteiger partial charge on any atom is -0.508 e. The van der Waals surface area contributed by atoms with Crippen molar-refractivity contribution in [2.24, 2.45) is 5.92 Å². The molecular weight excluding hydrogens is 366 g/mol. The average molecular weight is 387 g/mol. The molecule has 6 nitrogen and oxygen atoms in total. The van der Waals surface area contributed by atoms with Crippen LogP contribution in [-0.2, 0) is 10.1 Å². The maximum Gasteiger partial charge on any atom is 0.290 e. The number of nitrogens with one attached hydrogen (secondary N) is 1. The Morgan fingerprint density at radius 3 is 2.70 bits per heavy atom. The van der Waals surface area contributed by atoms with Crippen LogP contribution in [0.4, 0.5) is 0 Å². The Balaban J connectivity index is 1.72. The summed E-state index contributed by atoms with van der Waals surface area (Å²) in [5, 5.41) is 26.1. The van der Waals surface area contributed by atoms with Crippen LogP contribution in [0.5, 0.6) is 0 Å². The van der Waals surface area contributed by atoms with Crippen LogP contribution < -0.4 is 15.8 Å². The van der Waals surface area contributed by atoms with Crippen LogP contribution in [0.25, 0.3) is 11.8 Å². The number of aliphatic hydroxyl groups excluding tert-OH is 2. The topological polar surface area (TPSA) is 107 Å². The zero-order valence-corrected chi connectivity index (χ0v) is 15.4. The van der Waals surface area contributed by atoms with Gasteiger partial charge >= 0.3 is 0 Å². The molecule has 0 saturated heterocycles. The lowest BCUT2D eigenvalue weighted by Gasteiger charge is -2.30. The number of aliphatic hydroxyl groups is 2. The van der Waals surface area contributed by atoms with Gasteiger partial charge in [0.25, 0.3) is 10.1 Å². The first-order valence-corrected chi connectivity index (χ1v) is 10.3. The summed E-state index contributed by atoms with van der Waals surface area (Å²) in [7, 11) is -4.30. The van der Waals surface area contributed by atoms with Crippen molar-refractivity contribution in [3.63, 3.8) is 0 Å². The third kappa shape index (κ3) is 3.45. The van der Waals surface area contributed by atoms with Crippen molar-refractivity contribution >= 4 is 21.9 Å². The molecule has 0 aliphatic heterocycles. The molecule has 0 fully saturated rings. The summed E-state index contributed by atoms with van der Waals surface area (Å²) >= 11 is 0. The molecule has 1 aromatic rings. The van der Waals surface area contributed by atoms with Crippen LogP contribution in [0, 0.1) is 5.92 Å². The summed E-state index contributed by atoms with van der Waals surface area (Å²) in [5.41, 5.74) is 2.26. The highest BCUT2D eigenvalue weighted by molar-refractivity contribution is 7.89. The van der Waals surface area contributed by atoms with Gasteiger partial charge in [0.2, 0.25) is 0 Å². The third-order valence-electron chi connectivity index (χ3n) is 5.34. The van der Waals surface area contributed by atoms with Crippen LogP contribution in [0.3, 0.4) is 0 Å². The molecule has 142 valence electrons. The Morgan fingerprint density at radius 2 is 1.93 bits per heavy atom. The van der Waals surface area contributed by atoms with E-state index in [1.807, 2.05) is 36.4 Å². The first-order valence-electron chi connectivity index (χ1n) is 8.89. The highest BCUT2D eigenvalue weighted by Crippen LogP contribution is 2.38. The molecule has 4 rings (SSSR count). The van der Waals surface area contributed by atoms with E-state index in [1.54, 1.807) is 0 Å². The van der Waals surface area contributed by atoms with Crippen LogP contribution in [0.1, 0.15) is 25.7 Å². The van der Waals surface area contributed by atoms with Crippen molar-refractivity contribution in [1.29, 1.82) is 0 Å². The van der Waals surface area contributed by atoms with Crippen LogP contribution in [0.2, 0.25) is 0 Å². The quantitative estimate of drug-likeness (QED) is 0.581. The number of allylic oxidation sites excluding steroid dienone is 5. The molecule has 0 amide bonds. The van der Waals surface area contributed by atoms with Crippen LogP contribution in [0.15, 0.2) is 58.4 Å². The Bertz CT molecular complexity index is 1110. The van der Waals surface area contributed by atoms with Gasteiger partial charge in [-0.25, -0.2) is 0 Å². The lowest BCUT2D eigenvalue weighted by Crippen LogP contribution is -2.40. The zero-order valence-electron chi connectivity index (χ0n) is 14.6. The fourth-order valence-electron chi connectivity index (χ4n) is 3.95. The van der Waals surface area contributed by atoms with Crippen molar-refractivity contribution in [3.8, 4) is 0 Å². The monoisotopic (exact) mass is 387 g/mol. The highest BCUT2D eigenvalue weighted by atomic mass is 32.2. The summed E-state index contributed by atoms with van der Waals surface area (Å²) in [6.07, 6.45) is 6.33. The first kappa shape index (κ1) is 18.0. The van der Waals surface area contributed by atoms with E-state index in [0.717, 1.165) is 27.9 Å². The molecule has 0 heterocycles. The number of hydrogen-bond donors (Lipinski definition) is 4. The SMILES string of the molecule is O=S(=O)(O)C1=CC(O)=C2C=C(NC3=c4ccccc4=CCC3O)CCC2C1. The number of fused-ring (bicyclic) bond motifs is 2. The molecule has 4 N–H and O–H groups in total. The van der Waals surface area contributed by atoms with Gasteiger partial charge in [0.05, 0.1) is 16.7 Å². The largest absolute Gasteiger partial charge is 0.508 e. The summed E-state index contributed by atoms with van der Waals surface area (Å²) in [6, 6.07) is 7.85. The van der Waals surface area contributed by atoms with Gasteiger partial charge in [0.1, 0.15) is 5.76 Å². The fraction of sp³-hybridized carbons (Fsp3) is 0.300. The average Bonchev–Trinajstić information content (AvgIpc) is 2.63. The second-order valence-corrected chi connectivity index (χ2v) is 8.59. The van der Waals surface area contributed by atoms with Gasteiger partial charge in [0, 0.05) is 10.9 Å². The molecule has 0 bridgehead atoms. The minimum absolute atomic E-state index is 0.138. The van der Waals surface area contributed by atoms with Gasteiger partial charge in [-0.1, -0.05) is 30.3 Å². The summed E-state index contributed by atoms with van der Waals surface area (Å²) in [5.74, 6) is -0.292. The smallest absolute Gasteiger partial charge is 0.290 e. The van der Waals surface area contributed by atoms with E-state index in [4.69, 9.17) is 0 Å². The van der Waals surface area contributed by atoms with Gasteiger partial charge in [0.15, 0.2) is 0 Å². The Morgan fingerprint density at radius 1 is 1.15 bits per heavy atom. The lowest BCUT2D eigenvalue weighted by atomic mass is 9.81. The van der Waals surface area contributed by atoms with Crippen molar-refractivity contribution in [2.75, 3.05) is 0 Å². The maximum atomic E-state index is 11.4. The summed E-state index contributed by atoms with van der Waals surface area (Å²) in [4.78, 5) is -0.153. The second kappa shape index (κ2) is 6.67. The zero-order chi connectivity index (χ0) is 19.2. The Hall–Kier alpha value is -2.35. The fourth-order valence-corrected chi connectivity index (χ4v) is 4.63. The molecule has 0 radical (unpaired) electrons. The molecule has 27 heavy (non-hydrogen) atoms. The molecule has 3 aliphatic rings. The molecule has 0 saturated carbocycles. The molecule has 7 heteroatoms. The second-order valence-electron chi connectivity index (χ2n) is 7.12. The maximum absolute atomic E-state index is 11.4. The van der Waals surface area contributed by atoms with E-state index >= 15 is 0 Å². The third-order valence-corrected chi connectivity index (χ3v) is 6.29. The molecule has 2 unspecified atom stereocenters. The lowest BCUT2D eigenvalue weighted by molar-refractivity contribution is 0.232. The van der Waals surface area contributed by atoms with Gasteiger partial charge in [-0.2, -0.15) is 8.42 Å². The van der Waals surface area contributed by atoms with Gasteiger partial charge < -0.3 is 15.5 Å². The number of hydrogen-bond acceptors (Lipinski definition) is 5. The predicted molar refractivity (Wildman–Crippen MR) is 102 cm³/mol. The van der Waals surface area contributed by atoms with E-state index in [2.05, 4.69) is 5.32 Å². The number of rotatable bonds is 3. The van der Waals surface area contributed by atoms with Crippen molar-refractivity contribution in [2.45, 2.75) is 31.8 Å². The van der Waals surface area contributed by atoms with Crippen molar-refractivity contribution in [3.05, 3.63) is 68.8 Å². The standard InChI is InChI=1S/C20H21NO5S/c22-18-8-6-12-3-1-2-4-16(12)20(18)21-14-7-5-13-9-15(27(24,25)26)11-19(23)17(13)10-14/h1-4,6,10-11,13,18,21-23H,5,7-9H2,(H,24,25,26). The minimum atomic E-state index is -4.30. The summed E-state index contributed by atoms with van der Waals surface area (Å²) in [6.45, 7) is 0. The molecule has 0 aromatic heterocycles. The first-order chi connectivity index (χ1) is 12.8. The summed E-state index contributed by atoms with van der Waals surface area (Å²) < 4.78 is 32.0. The molecule has 1 aromatic carbocycles. The van der Waals surface area contributed by atoms with E-state index in [9.17, 15) is 23.2 Å². The van der Waals surface area contributed by atoms with Crippen LogP contribution in [-0.4, -0.2) is 29.3 Å². The van der Waals surface area contributed by atoms with E-state index in [-0.39, 0.29) is 23.0 Å². The van der Waals surface area contributed by atoms with Crippen LogP contribution >= 0.6 is 0 Å². The Labute approximate surface area is 157 Å². The molecule has 2 atom stereocenters. The van der Waals surface area contributed by atoms with Gasteiger partial charge in [-0.3, -0.25) is 4.55 Å². The van der Waals surface area contributed by atoms with Crippen molar-refractivity contribution in [1.82, 2.24) is 5.32 Å². The van der Waals surface area contributed by atoms with Crippen molar-refractivity contribution < 1.29 is 23.2 Å². The van der Waals surface area contributed by atoms with E-state index < -0.39 is 16.2 Å².